The molecular weight excluding hydrogens is 388 g/mol. The van der Waals surface area contributed by atoms with Gasteiger partial charge in [0, 0.05) is 13.0 Å². The number of hydrogen-bond acceptors (Lipinski definition) is 4. The maximum Gasteiger partial charge on any atom is 0.232 e. The highest BCUT2D eigenvalue weighted by atomic mass is 32.2. The quantitative estimate of drug-likeness (QED) is 0.673. The van der Waals surface area contributed by atoms with Gasteiger partial charge in [-0.1, -0.05) is 35.9 Å². The van der Waals surface area contributed by atoms with Crippen molar-refractivity contribution in [2.45, 2.75) is 39.7 Å². The lowest BCUT2D eigenvalue weighted by Gasteiger charge is -2.24. The van der Waals surface area contributed by atoms with Crippen LogP contribution in [-0.2, 0) is 14.8 Å². The van der Waals surface area contributed by atoms with E-state index in [4.69, 9.17) is 4.74 Å². The molecule has 0 saturated carbocycles. The first-order valence-corrected chi connectivity index (χ1v) is 11.5. The monoisotopic (exact) mass is 418 g/mol. The summed E-state index contributed by atoms with van der Waals surface area (Å²) >= 11 is 0. The van der Waals surface area contributed by atoms with Crippen molar-refractivity contribution >= 4 is 21.6 Å². The first kappa shape index (κ1) is 22.7. The standard InChI is InChI=1S/C22H30N2O4S/c1-16-12-13-19(17(2)15-16)18(3)23-22(25)11-8-14-24(29(5,26)27)20-9-6-7-10-21(20)28-4/h6-7,9-10,12-13,15,18H,8,11,14H2,1-5H3,(H,23,25)/t18-/m1/s1. The molecule has 2 aromatic carbocycles. The number of hydrogen-bond donors (Lipinski definition) is 1. The average molecular weight is 419 g/mol. The Morgan fingerprint density at radius 2 is 1.86 bits per heavy atom. The van der Waals surface area contributed by atoms with Gasteiger partial charge in [-0.2, -0.15) is 0 Å². The zero-order valence-corrected chi connectivity index (χ0v) is 18.5. The van der Waals surface area contributed by atoms with Gasteiger partial charge in [0.15, 0.2) is 0 Å². The summed E-state index contributed by atoms with van der Waals surface area (Å²) in [4.78, 5) is 12.4. The summed E-state index contributed by atoms with van der Waals surface area (Å²) in [5, 5.41) is 3.00. The first-order valence-electron chi connectivity index (χ1n) is 9.60. The predicted molar refractivity (Wildman–Crippen MR) is 117 cm³/mol. The number of carbonyl (C=O) groups excluding carboxylic acids is 1. The van der Waals surface area contributed by atoms with Crippen LogP contribution in [0.1, 0.15) is 42.5 Å². The van der Waals surface area contributed by atoms with Gasteiger partial charge in [-0.25, -0.2) is 8.42 Å². The van der Waals surface area contributed by atoms with Gasteiger partial charge in [-0.3, -0.25) is 9.10 Å². The molecule has 1 atom stereocenters. The van der Waals surface area contributed by atoms with E-state index >= 15 is 0 Å². The molecule has 2 aromatic rings. The van der Waals surface area contributed by atoms with Gasteiger partial charge < -0.3 is 10.1 Å². The van der Waals surface area contributed by atoms with E-state index < -0.39 is 10.0 Å². The summed E-state index contributed by atoms with van der Waals surface area (Å²) in [6, 6.07) is 13.0. The largest absolute Gasteiger partial charge is 0.495 e. The fourth-order valence-corrected chi connectivity index (χ4v) is 4.36. The highest BCUT2D eigenvalue weighted by Crippen LogP contribution is 2.29. The number of benzene rings is 2. The summed E-state index contributed by atoms with van der Waals surface area (Å²) in [6.07, 6.45) is 1.79. The van der Waals surface area contributed by atoms with Crippen LogP contribution in [-0.4, -0.2) is 34.2 Å². The third kappa shape index (κ3) is 6.22. The van der Waals surface area contributed by atoms with Crippen LogP contribution in [0.15, 0.2) is 42.5 Å². The molecule has 1 N–H and O–H groups in total. The number of para-hydroxylation sites is 2. The van der Waals surface area contributed by atoms with Crippen LogP contribution in [0.2, 0.25) is 0 Å². The van der Waals surface area contributed by atoms with Crippen molar-refractivity contribution in [3.8, 4) is 5.75 Å². The molecule has 29 heavy (non-hydrogen) atoms. The Bertz CT molecular complexity index is 957. The normalized spacial score (nSPS) is 12.3. The summed E-state index contributed by atoms with van der Waals surface area (Å²) in [6.45, 7) is 6.22. The second-order valence-electron chi connectivity index (χ2n) is 7.26. The highest BCUT2D eigenvalue weighted by Gasteiger charge is 2.21. The molecule has 158 valence electrons. The van der Waals surface area contributed by atoms with E-state index in [1.165, 1.54) is 17.0 Å². The lowest BCUT2D eigenvalue weighted by Crippen LogP contribution is -2.33. The van der Waals surface area contributed by atoms with E-state index in [-0.39, 0.29) is 24.9 Å². The molecule has 0 fully saturated rings. The number of anilines is 1. The summed E-state index contributed by atoms with van der Waals surface area (Å²) in [7, 11) is -2.00. The van der Waals surface area contributed by atoms with Crippen molar-refractivity contribution in [2.24, 2.45) is 0 Å². The first-order chi connectivity index (χ1) is 13.6. The van der Waals surface area contributed by atoms with Gasteiger partial charge >= 0.3 is 0 Å². The van der Waals surface area contributed by atoms with Gasteiger partial charge in [0.25, 0.3) is 0 Å². The third-order valence-electron chi connectivity index (χ3n) is 4.79. The Kier molecular flexibility index (Phi) is 7.67. The van der Waals surface area contributed by atoms with E-state index in [2.05, 4.69) is 11.4 Å². The molecule has 2 rings (SSSR count). The number of rotatable bonds is 9. The number of amides is 1. The maximum atomic E-state index is 12.4. The number of nitrogens with zero attached hydrogens (tertiary/aromatic N) is 1. The molecule has 6 nitrogen and oxygen atoms in total. The molecule has 0 radical (unpaired) electrons. The average Bonchev–Trinajstić information content (AvgIpc) is 2.64. The molecule has 0 aromatic heterocycles. The topological polar surface area (TPSA) is 75.7 Å². The summed E-state index contributed by atoms with van der Waals surface area (Å²) < 4.78 is 31.1. The van der Waals surface area contributed by atoms with Gasteiger partial charge in [-0.15, -0.1) is 0 Å². The predicted octanol–water partition coefficient (Wildman–Crippen LogP) is 3.74. The zero-order chi connectivity index (χ0) is 21.6. The molecule has 7 heteroatoms. The Hall–Kier alpha value is -2.54. The van der Waals surface area contributed by atoms with Gasteiger partial charge in [0.05, 0.1) is 25.1 Å². The fourth-order valence-electron chi connectivity index (χ4n) is 3.39. The summed E-state index contributed by atoms with van der Waals surface area (Å²) in [5.74, 6) is 0.372. The molecule has 0 aliphatic heterocycles. The lowest BCUT2D eigenvalue weighted by molar-refractivity contribution is -0.121. The van der Waals surface area contributed by atoms with E-state index in [1.807, 2.05) is 32.9 Å². The number of carbonyl (C=O) groups is 1. The fraction of sp³-hybridized carbons (Fsp3) is 0.409. The number of methoxy groups -OCH3 is 1. The van der Waals surface area contributed by atoms with Crippen LogP contribution in [0.4, 0.5) is 5.69 Å². The molecule has 0 unspecified atom stereocenters. The van der Waals surface area contributed by atoms with Crippen molar-refractivity contribution in [1.29, 1.82) is 0 Å². The van der Waals surface area contributed by atoms with Crippen LogP contribution >= 0.6 is 0 Å². The van der Waals surface area contributed by atoms with Crippen molar-refractivity contribution in [3.05, 3.63) is 59.2 Å². The molecule has 1 amide bonds. The van der Waals surface area contributed by atoms with E-state index in [0.29, 0.717) is 17.9 Å². The van der Waals surface area contributed by atoms with Crippen molar-refractivity contribution in [3.63, 3.8) is 0 Å². The molecule has 0 aliphatic rings. The van der Waals surface area contributed by atoms with Gasteiger partial charge in [0.1, 0.15) is 5.75 Å². The van der Waals surface area contributed by atoms with Crippen LogP contribution in [0, 0.1) is 13.8 Å². The SMILES string of the molecule is COc1ccccc1N(CCCC(=O)N[C@H](C)c1ccc(C)cc1C)S(C)(=O)=O. The molecule has 0 saturated heterocycles. The van der Waals surface area contributed by atoms with Crippen LogP contribution < -0.4 is 14.4 Å². The highest BCUT2D eigenvalue weighted by molar-refractivity contribution is 7.92. The van der Waals surface area contributed by atoms with E-state index in [1.54, 1.807) is 24.3 Å². The molecule has 0 heterocycles. The zero-order valence-electron chi connectivity index (χ0n) is 17.7. The minimum absolute atomic E-state index is 0.106. The van der Waals surface area contributed by atoms with E-state index in [0.717, 1.165) is 17.4 Å². The third-order valence-corrected chi connectivity index (χ3v) is 5.97. The van der Waals surface area contributed by atoms with Crippen LogP contribution in [0.5, 0.6) is 5.75 Å². The van der Waals surface area contributed by atoms with Gasteiger partial charge in [0.2, 0.25) is 15.9 Å². The molecule has 0 spiro atoms. The molecular formula is C22H30N2O4S. The Balaban J connectivity index is 1.99. The van der Waals surface area contributed by atoms with Gasteiger partial charge in [-0.05, 0) is 50.5 Å². The lowest BCUT2D eigenvalue weighted by atomic mass is 10.00. The second-order valence-corrected chi connectivity index (χ2v) is 9.17. The Labute approximate surface area is 173 Å². The van der Waals surface area contributed by atoms with Crippen molar-refractivity contribution < 1.29 is 17.9 Å². The minimum atomic E-state index is -3.50. The van der Waals surface area contributed by atoms with Crippen molar-refractivity contribution in [1.82, 2.24) is 5.32 Å². The second kappa shape index (κ2) is 9.78. The summed E-state index contributed by atoms with van der Waals surface area (Å²) in [5.41, 5.74) is 3.87. The Morgan fingerprint density at radius 3 is 2.48 bits per heavy atom. The van der Waals surface area contributed by atoms with Crippen molar-refractivity contribution in [2.75, 3.05) is 24.2 Å². The number of aryl methyl sites for hydroxylation is 2. The Morgan fingerprint density at radius 1 is 1.17 bits per heavy atom. The number of sulfonamides is 1. The molecule has 0 bridgehead atoms. The molecule has 0 aliphatic carbocycles. The van der Waals surface area contributed by atoms with E-state index in [9.17, 15) is 13.2 Å². The maximum absolute atomic E-state index is 12.4. The van der Waals surface area contributed by atoms with Crippen LogP contribution in [0.25, 0.3) is 0 Å². The number of ether oxygens (including phenoxy) is 1. The van der Waals surface area contributed by atoms with Crippen LogP contribution in [0.3, 0.4) is 0 Å². The number of nitrogens with one attached hydrogen (secondary N) is 1. The smallest absolute Gasteiger partial charge is 0.232 e. The minimum Gasteiger partial charge on any atom is -0.495 e.